The lowest BCUT2D eigenvalue weighted by Gasteiger charge is -2.16. The first-order chi connectivity index (χ1) is 6.40. The van der Waals surface area contributed by atoms with Crippen LogP contribution in [0.15, 0.2) is 11.1 Å². The molecule has 4 heteroatoms. The number of nitrogens with two attached hydrogens (primary N) is 1. The Balaban J connectivity index is 4.42. The molecule has 2 unspecified atom stereocenters. The molecule has 82 valence electrons. The largest absolute Gasteiger partial charge is 0.441 e. The molecule has 0 rings (SSSR count). The van der Waals surface area contributed by atoms with Crippen LogP contribution in [-0.2, 0) is 9.53 Å². The summed E-state index contributed by atoms with van der Waals surface area (Å²) in [5.41, 5.74) is 6.92. The van der Waals surface area contributed by atoms with Crippen molar-refractivity contribution in [1.29, 1.82) is 0 Å². The topological polar surface area (TPSA) is 72.5 Å². The molecule has 0 aromatic heterocycles. The van der Waals surface area contributed by atoms with E-state index in [0.717, 1.165) is 5.57 Å². The fourth-order valence-corrected chi connectivity index (χ4v) is 0.995. The number of aliphatic hydroxyl groups excluding tert-OH is 1. The Morgan fingerprint density at radius 1 is 1.50 bits per heavy atom. The summed E-state index contributed by atoms with van der Waals surface area (Å²) < 4.78 is 4.86. The third-order valence-corrected chi connectivity index (χ3v) is 1.92. The van der Waals surface area contributed by atoms with Gasteiger partial charge in [-0.15, -0.1) is 0 Å². The summed E-state index contributed by atoms with van der Waals surface area (Å²) in [5, 5.41) is 9.04. The second-order valence-electron chi connectivity index (χ2n) is 3.44. The summed E-state index contributed by atoms with van der Waals surface area (Å²) in [5.74, 6) is -0.444. The molecule has 4 nitrogen and oxygen atoms in total. The first-order valence-electron chi connectivity index (χ1n) is 4.71. The van der Waals surface area contributed by atoms with Gasteiger partial charge in [-0.25, -0.2) is 4.79 Å². The minimum Gasteiger partial charge on any atom is -0.441 e. The monoisotopic (exact) mass is 201 g/mol. The number of allylic oxidation sites excluding steroid dienone is 1. The van der Waals surface area contributed by atoms with Gasteiger partial charge < -0.3 is 9.84 Å². The van der Waals surface area contributed by atoms with Crippen molar-refractivity contribution in [2.24, 2.45) is 5.73 Å². The minimum absolute atomic E-state index is 0.444. The van der Waals surface area contributed by atoms with Crippen LogP contribution in [0.25, 0.3) is 0 Å². The van der Waals surface area contributed by atoms with Gasteiger partial charge in [0.05, 0.1) is 0 Å². The van der Waals surface area contributed by atoms with Gasteiger partial charge in [0.2, 0.25) is 0 Å². The molecule has 0 amide bonds. The molecule has 0 aromatic carbocycles. The fourth-order valence-electron chi connectivity index (χ4n) is 0.995. The highest BCUT2D eigenvalue weighted by atomic mass is 16.6. The van der Waals surface area contributed by atoms with Crippen LogP contribution < -0.4 is 5.73 Å². The minimum atomic E-state index is -0.955. The van der Waals surface area contributed by atoms with Gasteiger partial charge in [-0.3, -0.25) is 5.73 Å². The first-order valence-corrected chi connectivity index (χ1v) is 4.71. The van der Waals surface area contributed by atoms with Crippen LogP contribution in [0.5, 0.6) is 0 Å². The Morgan fingerprint density at radius 3 is 2.29 bits per heavy atom. The van der Waals surface area contributed by atoms with Gasteiger partial charge in [0, 0.05) is 5.57 Å². The van der Waals surface area contributed by atoms with Gasteiger partial charge in [0.1, 0.15) is 6.10 Å². The number of carbonyl (C=O) groups is 1. The molecule has 0 saturated carbocycles. The van der Waals surface area contributed by atoms with E-state index in [-0.39, 0.29) is 0 Å². The van der Waals surface area contributed by atoms with E-state index in [9.17, 15) is 4.79 Å². The molecule has 0 saturated heterocycles. The van der Waals surface area contributed by atoms with Gasteiger partial charge in [0.15, 0.2) is 6.23 Å². The zero-order valence-electron chi connectivity index (χ0n) is 9.20. The molecule has 0 aliphatic rings. The van der Waals surface area contributed by atoms with Crippen LogP contribution >= 0.6 is 0 Å². The first kappa shape index (κ1) is 13.1. The maximum atomic E-state index is 11.5. The standard InChI is InChI=1S/C10H19NO3/c1-5-8(6(2)3)10(13)14-9(11)7(4)12/h7,9,12H,5,11H2,1-4H3. The second-order valence-corrected chi connectivity index (χ2v) is 3.44. The third-order valence-electron chi connectivity index (χ3n) is 1.92. The van der Waals surface area contributed by atoms with Crippen molar-refractivity contribution < 1.29 is 14.6 Å². The zero-order valence-corrected chi connectivity index (χ0v) is 9.20. The van der Waals surface area contributed by atoms with E-state index in [1.54, 1.807) is 0 Å². The van der Waals surface area contributed by atoms with Crippen molar-refractivity contribution in [1.82, 2.24) is 0 Å². The molecule has 0 aliphatic carbocycles. The predicted molar refractivity (Wildman–Crippen MR) is 54.4 cm³/mol. The van der Waals surface area contributed by atoms with Gasteiger partial charge in [-0.05, 0) is 27.2 Å². The van der Waals surface area contributed by atoms with Crippen molar-refractivity contribution >= 4 is 5.97 Å². The van der Waals surface area contributed by atoms with E-state index in [4.69, 9.17) is 15.6 Å². The second kappa shape index (κ2) is 5.78. The van der Waals surface area contributed by atoms with Gasteiger partial charge in [-0.1, -0.05) is 12.5 Å². The van der Waals surface area contributed by atoms with Crippen molar-refractivity contribution in [2.45, 2.75) is 46.4 Å². The van der Waals surface area contributed by atoms with E-state index in [1.807, 2.05) is 20.8 Å². The van der Waals surface area contributed by atoms with Crippen molar-refractivity contribution in [3.05, 3.63) is 11.1 Å². The molecule has 0 aromatic rings. The quantitative estimate of drug-likeness (QED) is 0.403. The van der Waals surface area contributed by atoms with Crippen LogP contribution in [0.2, 0.25) is 0 Å². The van der Waals surface area contributed by atoms with Gasteiger partial charge in [-0.2, -0.15) is 0 Å². The highest BCUT2D eigenvalue weighted by Gasteiger charge is 2.17. The van der Waals surface area contributed by atoms with Crippen molar-refractivity contribution in [3.8, 4) is 0 Å². The van der Waals surface area contributed by atoms with Crippen LogP contribution in [0.1, 0.15) is 34.1 Å². The smallest absolute Gasteiger partial charge is 0.335 e. The Bertz CT molecular complexity index is 230. The summed E-state index contributed by atoms with van der Waals surface area (Å²) in [6.45, 7) is 7.03. The molecule has 14 heavy (non-hydrogen) atoms. The number of hydrogen-bond donors (Lipinski definition) is 2. The number of aliphatic hydroxyl groups is 1. The molecule has 0 aliphatic heterocycles. The van der Waals surface area contributed by atoms with E-state index in [2.05, 4.69) is 0 Å². The summed E-state index contributed by atoms with van der Waals surface area (Å²) in [7, 11) is 0. The van der Waals surface area contributed by atoms with Gasteiger partial charge >= 0.3 is 5.97 Å². The molecule has 3 N–H and O–H groups in total. The van der Waals surface area contributed by atoms with Crippen LogP contribution in [0.3, 0.4) is 0 Å². The third kappa shape index (κ3) is 3.89. The number of ether oxygens (including phenoxy) is 1. The summed E-state index contributed by atoms with van der Waals surface area (Å²) >= 11 is 0. The van der Waals surface area contributed by atoms with Crippen molar-refractivity contribution in [2.75, 3.05) is 0 Å². The summed E-state index contributed by atoms with van der Waals surface area (Å²) in [6, 6.07) is 0. The molecule has 0 radical (unpaired) electrons. The highest BCUT2D eigenvalue weighted by Crippen LogP contribution is 2.10. The number of esters is 1. The SMILES string of the molecule is CCC(C(=O)OC(N)C(C)O)=C(C)C. The Labute approximate surface area is 84.7 Å². The molecule has 0 fully saturated rings. The van der Waals surface area contributed by atoms with Crippen LogP contribution in [0, 0.1) is 0 Å². The van der Waals surface area contributed by atoms with Crippen LogP contribution in [0.4, 0.5) is 0 Å². The maximum Gasteiger partial charge on any atom is 0.335 e. The lowest BCUT2D eigenvalue weighted by molar-refractivity contribution is -0.149. The normalized spacial score (nSPS) is 14.4. The van der Waals surface area contributed by atoms with Crippen LogP contribution in [-0.4, -0.2) is 23.4 Å². The summed E-state index contributed by atoms with van der Waals surface area (Å²) in [6.07, 6.45) is -1.20. The molecule has 0 spiro atoms. The average molecular weight is 201 g/mol. The van der Waals surface area contributed by atoms with Crippen molar-refractivity contribution in [3.63, 3.8) is 0 Å². The molecular formula is C10H19NO3. The lowest BCUT2D eigenvalue weighted by atomic mass is 10.1. The number of hydrogen-bond acceptors (Lipinski definition) is 4. The maximum absolute atomic E-state index is 11.5. The fraction of sp³-hybridized carbons (Fsp3) is 0.700. The average Bonchev–Trinajstić information content (AvgIpc) is 2.04. The predicted octanol–water partition coefficient (Wildman–Crippen LogP) is 0.942. The van der Waals surface area contributed by atoms with Gasteiger partial charge in [0.25, 0.3) is 0 Å². The molecule has 0 heterocycles. The van der Waals surface area contributed by atoms with E-state index in [1.165, 1.54) is 6.92 Å². The summed E-state index contributed by atoms with van der Waals surface area (Å²) in [4.78, 5) is 11.5. The Kier molecular flexibility index (Phi) is 5.42. The van der Waals surface area contributed by atoms with E-state index < -0.39 is 18.3 Å². The molecule has 0 bridgehead atoms. The Hall–Kier alpha value is -0.870. The zero-order chi connectivity index (χ0) is 11.3. The van der Waals surface area contributed by atoms with E-state index in [0.29, 0.717) is 12.0 Å². The number of carbonyl (C=O) groups excluding carboxylic acids is 1. The van der Waals surface area contributed by atoms with E-state index >= 15 is 0 Å². The number of rotatable bonds is 4. The Morgan fingerprint density at radius 2 is 2.00 bits per heavy atom. The highest BCUT2D eigenvalue weighted by molar-refractivity contribution is 5.89. The molecular weight excluding hydrogens is 182 g/mol. The lowest BCUT2D eigenvalue weighted by Crippen LogP contribution is -2.37. The molecule has 2 atom stereocenters.